The Hall–Kier alpha value is -2.13. The highest BCUT2D eigenvalue weighted by atomic mass is 32.2. The Bertz CT molecular complexity index is 964. The van der Waals surface area contributed by atoms with Gasteiger partial charge < -0.3 is 0 Å². The van der Waals surface area contributed by atoms with Gasteiger partial charge in [0, 0.05) is 0 Å². The SMILES string of the molecule is O=c1c(F)cnc2sc(S(=O)(=O)Cc3ccccc3)nn12. The van der Waals surface area contributed by atoms with E-state index in [1.54, 1.807) is 30.3 Å². The van der Waals surface area contributed by atoms with Crippen LogP contribution in [0, 0.1) is 5.82 Å². The Kier molecular flexibility index (Phi) is 3.30. The van der Waals surface area contributed by atoms with Crippen LogP contribution in [0.15, 0.2) is 45.7 Å². The number of nitrogens with zero attached hydrogens (tertiary/aromatic N) is 3. The van der Waals surface area contributed by atoms with Crippen molar-refractivity contribution in [3.63, 3.8) is 0 Å². The third-order valence-electron chi connectivity index (χ3n) is 2.69. The predicted octanol–water partition coefficient (Wildman–Crippen LogP) is 1.26. The highest BCUT2D eigenvalue weighted by molar-refractivity contribution is 7.92. The zero-order valence-corrected chi connectivity index (χ0v) is 12.1. The zero-order chi connectivity index (χ0) is 15.0. The highest BCUT2D eigenvalue weighted by Crippen LogP contribution is 2.21. The van der Waals surface area contributed by atoms with E-state index in [9.17, 15) is 17.6 Å². The quantitative estimate of drug-likeness (QED) is 0.724. The fourth-order valence-electron chi connectivity index (χ4n) is 1.73. The zero-order valence-electron chi connectivity index (χ0n) is 10.4. The van der Waals surface area contributed by atoms with E-state index >= 15 is 0 Å². The Labute approximate surface area is 122 Å². The van der Waals surface area contributed by atoms with Crippen molar-refractivity contribution in [2.24, 2.45) is 0 Å². The van der Waals surface area contributed by atoms with E-state index in [-0.39, 0.29) is 15.1 Å². The van der Waals surface area contributed by atoms with Crippen LogP contribution >= 0.6 is 11.3 Å². The van der Waals surface area contributed by atoms with Crippen LogP contribution in [0.2, 0.25) is 0 Å². The van der Waals surface area contributed by atoms with E-state index in [1.807, 2.05) is 0 Å². The molecule has 0 aliphatic rings. The van der Waals surface area contributed by atoms with Gasteiger partial charge in [0.25, 0.3) is 0 Å². The van der Waals surface area contributed by atoms with Gasteiger partial charge in [0.05, 0.1) is 11.9 Å². The second-order valence-corrected chi connectivity index (χ2v) is 7.34. The summed E-state index contributed by atoms with van der Waals surface area (Å²) in [5, 5.41) is 3.67. The second kappa shape index (κ2) is 5.01. The molecule has 0 spiro atoms. The van der Waals surface area contributed by atoms with Crippen molar-refractivity contribution < 1.29 is 12.8 Å². The molecule has 3 rings (SSSR count). The molecule has 0 aliphatic heterocycles. The van der Waals surface area contributed by atoms with Crippen molar-refractivity contribution >= 4 is 26.1 Å². The molecular formula is C12H8FN3O3S2. The summed E-state index contributed by atoms with van der Waals surface area (Å²) in [5.74, 6) is -1.32. The van der Waals surface area contributed by atoms with Gasteiger partial charge in [0.2, 0.25) is 25.0 Å². The number of sulfone groups is 1. The lowest BCUT2D eigenvalue weighted by Crippen LogP contribution is -2.18. The molecule has 1 aromatic carbocycles. The molecule has 0 bridgehead atoms. The summed E-state index contributed by atoms with van der Waals surface area (Å²) in [7, 11) is -3.72. The molecule has 0 saturated carbocycles. The fraction of sp³-hybridized carbons (Fsp3) is 0.0833. The monoisotopic (exact) mass is 325 g/mol. The second-order valence-electron chi connectivity index (χ2n) is 4.22. The summed E-state index contributed by atoms with van der Waals surface area (Å²) < 4.78 is 38.1. The molecule has 0 radical (unpaired) electrons. The van der Waals surface area contributed by atoms with Crippen LogP contribution in [0.1, 0.15) is 5.56 Å². The average Bonchev–Trinajstić information content (AvgIpc) is 2.89. The van der Waals surface area contributed by atoms with Gasteiger partial charge in [-0.1, -0.05) is 41.7 Å². The lowest BCUT2D eigenvalue weighted by Gasteiger charge is -1.99. The molecule has 9 heteroatoms. The molecule has 2 aromatic heterocycles. The first-order valence-electron chi connectivity index (χ1n) is 5.78. The average molecular weight is 325 g/mol. The Morgan fingerprint density at radius 3 is 2.67 bits per heavy atom. The number of aromatic nitrogens is 3. The lowest BCUT2D eigenvalue weighted by molar-refractivity contribution is 0.581. The molecule has 3 aromatic rings. The van der Waals surface area contributed by atoms with Gasteiger partial charge in [-0.15, -0.1) is 5.10 Å². The molecule has 0 aliphatic carbocycles. The lowest BCUT2D eigenvalue weighted by atomic mass is 10.2. The van der Waals surface area contributed by atoms with E-state index in [4.69, 9.17) is 0 Å². The molecule has 6 nitrogen and oxygen atoms in total. The Morgan fingerprint density at radius 1 is 1.24 bits per heavy atom. The van der Waals surface area contributed by atoms with E-state index in [2.05, 4.69) is 10.1 Å². The van der Waals surface area contributed by atoms with Gasteiger partial charge in [-0.25, -0.2) is 13.4 Å². The molecule has 0 fully saturated rings. The van der Waals surface area contributed by atoms with Crippen LogP contribution < -0.4 is 5.56 Å². The van der Waals surface area contributed by atoms with Crippen molar-refractivity contribution in [2.75, 3.05) is 0 Å². The number of benzene rings is 1. The van der Waals surface area contributed by atoms with E-state index in [1.165, 1.54) is 0 Å². The van der Waals surface area contributed by atoms with Crippen molar-refractivity contribution in [3.8, 4) is 0 Å². The number of rotatable bonds is 3. The smallest absolute Gasteiger partial charge is 0.264 e. The normalized spacial score (nSPS) is 11.9. The van der Waals surface area contributed by atoms with E-state index in [0.29, 0.717) is 10.1 Å². The molecule has 108 valence electrons. The van der Waals surface area contributed by atoms with Gasteiger partial charge in [0.1, 0.15) is 0 Å². The minimum absolute atomic E-state index is 0.0352. The first kappa shape index (κ1) is 13.8. The van der Waals surface area contributed by atoms with Gasteiger partial charge in [-0.2, -0.15) is 8.91 Å². The Balaban J connectivity index is 2.07. The first-order valence-corrected chi connectivity index (χ1v) is 8.25. The first-order chi connectivity index (χ1) is 9.97. The summed E-state index contributed by atoms with van der Waals surface area (Å²) in [6.07, 6.45) is 0.753. The summed E-state index contributed by atoms with van der Waals surface area (Å²) in [5.41, 5.74) is -0.416. The van der Waals surface area contributed by atoms with Crippen molar-refractivity contribution in [2.45, 2.75) is 10.1 Å². The van der Waals surface area contributed by atoms with Gasteiger partial charge >= 0.3 is 5.56 Å². The number of halogens is 1. The fourth-order valence-corrected chi connectivity index (χ4v) is 4.19. The maximum absolute atomic E-state index is 13.1. The molecular weight excluding hydrogens is 317 g/mol. The van der Waals surface area contributed by atoms with Crippen molar-refractivity contribution in [1.82, 2.24) is 14.6 Å². The molecule has 2 heterocycles. The number of hydrogen-bond acceptors (Lipinski definition) is 6. The number of hydrogen-bond donors (Lipinski definition) is 0. The largest absolute Gasteiger partial charge is 0.311 e. The van der Waals surface area contributed by atoms with Crippen molar-refractivity contribution in [3.05, 3.63) is 58.3 Å². The number of fused-ring (bicyclic) bond motifs is 1. The summed E-state index contributed by atoms with van der Waals surface area (Å²) in [4.78, 5) is 15.2. The highest BCUT2D eigenvalue weighted by Gasteiger charge is 2.22. The van der Waals surface area contributed by atoms with Gasteiger partial charge in [-0.05, 0) is 5.56 Å². The minimum Gasteiger partial charge on any atom is -0.264 e. The third kappa shape index (κ3) is 2.57. The van der Waals surface area contributed by atoms with Crippen LogP contribution in [0.25, 0.3) is 4.96 Å². The summed E-state index contributed by atoms with van der Waals surface area (Å²) in [6, 6.07) is 8.58. The standard InChI is InChI=1S/C12H8FN3O3S2/c13-9-6-14-11-16(10(9)17)15-12(20-11)21(18,19)7-8-4-2-1-3-5-8/h1-6H,7H2. The van der Waals surface area contributed by atoms with Crippen LogP contribution in [0.4, 0.5) is 4.39 Å². The molecule has 21 heavy (non-hydrogen) atoms. The Morgan fingerprint density at radius 2 is 1.95 bits per heavy atom. The molecule has 0 unspecified atom stereocenters. The molecule has 0 N–H and O–H groups in total. The minimum atomic E-state index is -3.72. The van der Waals surface area contributed by atoms with Gasteiger partial charge in [0.15, 0.2) is 0 Å². The van der Waals surface area contributed by atoms with Crippen LogP contribution in [-0.2, 0) is 15.6 Å². The van der Waals surface area contributed by atoms with Crippen LogP contribution in [0.3, 0.4) is 0 Å². The van der Waals surface area contributed by atoms with Crippen molar-refractivity contribution in [1.29, 1.82) is 0 Å². The van der Waals surface area contributed by atoms with Gasteiger partial charge in [-0.3, -0.25) is 4.79 Å². The summed E-state index contributed by atoms with van der Waals surface area (Å²) in [6.45, 7) is 0. The van der Waals surface area contributed by atoms with Crippen LogP contribution in [0.5, 0.6) is 0 Å². The maximum Gasteiger partial charge on any atom is 0.311 e. The maximum atomic E-state index is 13.1. The third-order valence-corrected chi connectivity index (χ3v) is 5.75. The molecule has 0 atom stereocenters. The molecule has 0 saturated heterocycles. The molecule has 0 amide bonds. The van der Waals surface area contributed by atoms with E-state index in [0.717, 1.165) is 17.5 Å². The summed E-state index contributed by atoms with van der Waals surface area (Å²) >= 11 is 0.732. The predicted molar refractivity (Wildman–Crippen MR) is 74.4 cm³/mol. The van der Waals surface area contributed by atoms with Crippen LogP contribution in [-0.4, -0.2) is 23.0 Å². The topological polar surface area (TPSA) is 81.4 Å². The van der Waals surface area contributed by atoms with E-state index < -0.39 is 21.2 Å².